The van der Waals surface area contributed by atoms with Crippen LogP contribution in [0.25, 0.3) is 0 Å². The predicted octanol–water partition coefficient (Wildman–Crippen LogP) is 3.95. The van der Waals surface area contributed by atoms with Gasteiger partial charge in [-0.15, -0.1) is 0 Å². The van der Waals surface area contributed by atoms with Gasteiger partial charge in [0.15, 0.2) is 0 Å². The van der Waals surface area contributed by atoms with E-state index < -0.39 is 0 Å². The molecule has 1 aromatic rings. The lowest BCUT2D eigenvalue weighted by molar-refractivity contribution is -0.169. The summed E-state index contributed by atoms with van der Waals surface area (Å²) in [5, 5.41) is 1.32. The Bertz CT molecular complexity index is 607. The quantitative estimate of drug-likeness (QED) is 0.534. The lowest BCUT2D eigenvalue weighted by atomic mass is 9.95. The van der Waals surface area contributed by atoms with Crippen LogP contribution in [0.15, 0.2) is 18.2 Å². The molecule has 0 bridgehead atoms. The molecule has 24 heavy (non-hydrogen) atoms. The maximum atomic E-state index is 11.3. The molecule has 0 radical (unpaired) electrons. The predicted molar refractivity (Wildman–Crippen MR) is 93.1 cm³/mol. The van der Waals surface area contributed by atoms with Crippen LogP contribution in [0, 0.1) is 0 Å². The van der Waals surface area contributed by atoms with E-state index >= 15 is 0 Å². The van der Waals surface area contributed by atoms with Crippen LogP contribution >= 0.6 is 27.5 Å². The first-order valence-corrected chi connectivity index (χ1v) is 9.19. The van der Waals surface area contributed by atoms with E-state index in [1.165, 1.54) is 13.8 Å². The van der Waals surface area contributed by atoms with E-state index in [1.807, 2.05) is 18.2 Å². The minimum Gasteiger partial charge on any atom is -0.463 e. The molecular formula is C17H20BrClO5. The van der Waals surface area contributed by atoms with Gasteiger partial charge in [-0.2, -0.15) is 0 Å². The fraction of sp³-hybridized carbons (Fsp3) is 0.529. The number of alkyl halides is 1. The molecule has 3 atom stereocenters. The van der Waals surface area contributed by atoms with Gasteiger partial charge in [0, 0.05) is 37.0 Å². The van der Waals surface area contributed by atoms with Crippen molar-refractivity contribution in [3.63, 3.8) is 0 Å². The van der Waals surface area contributed by atoms with Gasteiger partial charge in [-0.25, -0.2) is 0 Å². The Kier molecular flexibility index (Phi) is 7.07. The fourth-order valence-corrected chi connectivity index (χ4v) is 3.54. The molecule has 0 aromatic heterocycles. The fourth-order valence-electron chi connectivity index (χ4n) is 2.73. The largest absolute Gasteiger partial charge is 0.463 e. The van der Waals surface area contributed by atoms with Crippen LogP contribution < -0.4 is 0 Å². The number of esters is 2. The topological polar surface area (TPSA) is 61.8 Å². The number of halogens is 2. The molecule has 2 rings (SSSR count). The third-order valence-corrected chi connectivity index (χ3v) is 4.72. The number of carbonyl (C=O) groups excluding carboxylic acids is 2. The minimum atomic E-state index is -0.363. The van der Waals surface area contributed by atoms with Gasteiger partial charge in [-0.3, -0.25) is 9.59 Å². The highest BCUT2D eigenvalue weighted by molar-refractivity contribution is 9.08. The maximum absolute atomic E-state index is 11.3. The van der Waals surface area contributed by atoms with Crippen LogP contribution in [0.1, 0.15) is 43.9 Å². The Morgan fingerprint density at radius 3 is 2.67 bits per heavy atom. The van der Waals surface area contributed by atoms with Crippen molar-refractivity contribution in [2.24, 2.45) is 0 Å². The molecule has 5 nitrogen and oxygen atoms in total. The van der Waals surface area contributed by atoms with E-state index in [2.05, 4.69) is 15.9 Å². The van der Waals surface area contributed by atoms with Crippen molar-refractivity contribution in [3.05, 3.63) is 34.3 Å². The highest BCUT2D eigenvalue weighted by atomic mass is 79.9. The number of hydrogen-bond acceptors (Lipinski definition) is 5. The number of benzene rings is 1. The second kappa shape index (κ2) is 8.83. The second-order valence-corrected chi connectivity index (χ2v) is 6.70. The number of ether oxygens (including phenoxy) is 3. The summed E-state index contributed by atoms with van der Waals surface area (Å²) in [4.78, 5) is 22.3. The molecule has 132 valence electrons. The third-order valence-electron chi connectivity index (χ3n) is 3.75. The highest BCUT2D eigenvalue weighted by Gasteiger charge is 2.33. The van der Waals surface area contributed by atoms with Crippen LogP contribution in [-0.4, -0.2) is 30.8 Å². The summed E-state index contributed by atoms with van der Waals surface area (Å²) < 4.78 is 16.5. The Morgan fingerprint density at radius 2 is 2.04 bits per heavy atom. The Hall–Kier alpha value is -1.11. The van der Waals surface area contributed by atoms with E-state index in [9.17, 15) is 9.59 Å². The second-order valence-electron chi connectivity index (χ2n) is 5.74. The Labute approximate surface area is 154 Å². The number of carbonyl (C=O) groups is 2. The van der Waals surface area contributed by atoms with Crippen molar-refractivity contribution in [2.45, 2.75) is 50.3 Å². The zero-order valence-electron chi connectivity index (χ0n) is 13.6. The van der Waals surface area contributed by atoms with Crippen LogP contribution in [0.5, 0.6) is 0 Å². The van der Waals surface area contributed by atoms with Crippen molar-refractivity contribution in [1.82, 2.24) is 0 Å². The Morgan fingerprint density at radius 1 is 1.29 bits per heavy atom. The molecule has 0 aliphatic carbocycles. The SMILES string of the molecule is CC(=O)OC[C@@H]1C[C@H](OC(C)=O)C[C@H](c2ccc(Cl)c(CBr)c2)O1. The van der Waals surface area contributed by atoms with Gasteiger partial charge in [-0.05, 0) is 17.2 Å². The molecule has 1 fully saturated rings. The number of rotatable bonds is 5. The first-order chi connectivity index (χ1) is 11.4. The van der Waals surface area contributed by atoms with Gasteiger partial charge < -0.3 is 14.2 Å². The van der Waals surface area contributed by atoms with Gasteiger partial charge >= 0.3 is 11.9 Å². The van der Waals surface area contributed by atoms with Crippen molar-refractivity contribution in [1.29, 1.82) is 0 Å². The zero-order chi connectivity index (χ0) is 17.7. The average molecular weight is 420 g/mol. The maximum Gasteiger partial charge on any atom is 0.302 e. The van der Waals surface area contributed by atoms with E-state index in [-0.39, 0.29) is 36.9 Å². The number of hydrogen-bond donors (Lipinski definition) is 0. The summed E-state index contributed by atoms with van der Waals surface area (Å²) >= 11 is 9.56. The molecular weight excluding hydrogens is 400 g/mol. The van der Waals surface area contributed by atoms with Crippen molar-refractivity contribution in [3.8, 4) is 0 Å². The van der Waals surface area contributed by atoms with Gasteiger partial charge in [0.2, 0.25) is 0 Å². The first-order valence-electron chi connectivity index (χ1n) is 7.69. The summed E-state index contributed by atoms with van der Waals surface area (Å²) in [5.41, 5.74) is 1.92. The molecule has 0 spiro atoms. The monoisotopic (exact) mass is 418 g/mol. The third kappa shape index (κ3) is 5.46. The Balaban J connectivity index is 2.16. The molecule has 1 heterocycles. The van der Waals surface area contributed by atoms with Gasteiger partial charge in [0.1, 0.15) is 12.7 Å². The molecule has 1 aliphatic heterocycles. The standard InChI is InChI=1S/C17H20BrClO5/c1-10(20)22-9-15-6-14(23-11(2)21)7-17(24-15)12-3-4-16(19)13(5-12)8-18/h3-5,14-15,17H,6-9H2,1-2H3/t14-,15-,17+/m0/s1. The molecule has 0 unspecified atom stereocenters. The summed E-state index contributed by atoms with van der Waals surface area (Å²) in [6, 6.07) is 5.70. The van der Waals surface area contributed by atoms with Crippen LogP contribution in [0.2, 0.25) is 5.02 Å². The zero-order valence-corrected chi connectivity index (χ0v) is 15.9. The normalized spacial score (nSPS) is 23.6. The summed E-state index contributed by atoms with van der Waals surface area (Å²) in [6.07, 6.45) is 0.214. The smallest absolute Gasteiger partial charge is 0.302 e. The highest BCUT2D eigenvalue weighted by Crippen LogP contribution is 2.35. The average Bonchev–Trinajstić information content (AvgIpc) is 2.52. The van der Waals surface area contributed by atoms with Gasteiger partial charge in [0.25, 0.3) is 0 Å². The lowest BCUT2D eigenvalue weighted by Gasteiger charge is -2.35. The van der Waals surface area contributed by atoms with Gasteiger partial charge in [-0.1, -0.05) is 39.7 Å². The molecule has 1 aromatic carbocycles. The first kappa shape index (κ1) is 19.2. The van der Waals surface area contributed by atoms with E-state index in [1.54, 1.807) is 0 Å². The molecule has 1 aliphatic rings. The lowest BCUT2D eigenvalue weighted by Crippen LogP contribution is -2.36. The summed E-state index contributed by atoms with van der Waals surface area (Å²) in [6.45, 7) is 2.88. The van der Waals surface area contributed by atoms with Crippen molar-refractivity contribution < 1.29 is 23.8 Å². The van der Waals surface area contributed by atoms with E-state index in [0.717, 1.165) is 11.1 Å². The van der Waals surface area contributed by atoms with E-state index in [4.69, 9.17) is 25.8 Å². The minimum absolute atomic E-state index is 0.141. The molecule has 0 N–H and O–H groups in total. The molecule has 0 saturated carbocycles. The summed E-state index contributed by atoms with van der Waals surface area (Å²) in [7, 11) is 0. The summed E-state index contributed by atoms with van der Waals surface area (Å²) in [5.74, 6) is -0.693. The van der Waals surface area contributed by atoms with Crippen molar-refractivity contribution >= 4 is 39.5 Å². The molecule has 0 amide bonds. The van der Waals surface area contributed by atoms with Crippen molar-refractivity contribution in [2.75, 3.05) is 6.61 Å². The molecule has 1 saturated heterocycles. The van der Waals surface area contributed by atoms with Crippen LogP contribution in [-0.2, 0) is 29.1 Å². The van der Waals surface area contributed by atoms with Crippen LogP contribution in [0.4, 0.5) is 0 Å². The van der Waals surface area contributed by atoms with Crippen LogP contribution in [0.3, 0.4) is 0 Å². The van der Waals surface area contributed by atoms with Gasteiger partial charge in [0.05, 0.1) is 12.2 Å². The van der Waals surface area contributed by atoms with E-state index in [0.29, 0.717) is 23.2 Å². The molecule has 7 heteroatoms.